The van der Waals surface area contributed by atoms with Crippen molar-refractivity contribution >= 4 is 27.3 Å². The van der Waals surface area contributed by atoms with Crippen molar-refractivity contribution in [3.8, 4) is 11.5 Å². The molecule has 0 radical (unpaired) electrons. The van der Waals surface area contributed by atoms with Crippen LogP contribution in [0, 0.1) is 5.92 Å². The minimum Gasteiger partial charge on any atom is -0.497 e. The summed E-state index contributed by atoms with van der Waals surface area (Å²) in [5.41, 5.74) is 1.97. The molecule has 2 heterocycles. The van der Waals surface area contributed by atoms with Crippen LogP contribution in [-0.2, 0) is 9.84 Å². The van der Waals surface area contributed by atoms with Crippen LogP contribution in [0.5, 0.6) is 11.5 Å². The van der Waals surface area contributed by atoms with Gasteiger partial charge >= 0.3 is 6.09 Å². The van der Waals surface area contributed by atoms with Gasteiger partial charge in [-0.1, -0.05) is 19.9 Å². The largest absolute Gasteiger partial charge is 0.497 e. The van der Waals surface area contributed by atoms with E-state index >= 15 is 0 Å². The molecule has 1 atom stereocenters. The fourth-order valence-electron chi connectivity index (χ4n) is 4.51. The molecule has 1 amide bonds. The topological polar surface area (TPSA) is 79.4 Å². The molecule has 4 rings (SSSR count). The molecule has 0 aliphatic carbocycles. The van der Waals surface area contributed by atoms with Crippen molar-refractivity contribution in [1.29, 1.82) is 0 Å². The molecule has 2 aliphatic rings. The van der Waals surface area contributed by atoms with Gasteiger partial charge in [0, 0.05) is 50.2 Å². The Balaban J connectivity index is 1.42. The second-order valence-electron chi connectivity index (χ2n) is 9.15. The van der Waals surface area contributed by atoms with Crippen molar-refractivity contribution in [3.63, 3.8) is 0 Å². The summed E-state index contributed by atoms with van der Waals surface area (Å²) in [5, 5.41) is 0. The molecule has 2 aliphatic heterocycles. The predicted octanol–water partition coefficient (Wildman–Crippen LogP) is 3.28. The molecule has 2 fully saturated rings. The van der Waals surface area contributed by atoms with Crippen LogP contribution in [-0.4, -0.2) is 76.8 Å². The molecule has 9 heteroatoms. The molecule has 0 saturated carbocycles. The van der Waals surface area contributed by atoms with Crippen molar-refractivity contribution < 1.29 is 22.7 Å². The molecule has 0 aromatic heterocycles. The number of benzene rings is 2. The lowest BCUT2D eigenvalue weighted by molar-refractivity contribution is 0.109. The summed E-state index contributed by atoms with van der Waals surface area (Å²) in [6.07, 6.45) is -0.355. The lowest BCUT2D eigenvalue weighted by Gasteiger charge is -2.43. The number of hydrogen-bond donors (Lipinski definition) is 0. The summed E-state index contributed by atoms with van der Waals surface area (Å²) in [4.78, 5) is 19.3. The number of methoxy groups -OCH3 is 1. The maximum atomic E-state index is 13.2. The summed E-state index contributed by atoms with van der Waals surface area (Å²) in [7, 11) is -1.30. The van der Waals surface area contributed by atoms with E-state index in [0.717, 1.165) is 23.7 Å². The molecule has 0 bridgehead atoms. The van der Waals surface area contributed by atoms with E-state index < -0.39 is 9.84 Å². The van der Waals surface area contributed by atoms with Crippen molar-refractivity contribution in [2.45, 2.75) is 19.9 Å². The standard InChI is InChI=1S/C25H33N3O5S/c1-19(2)24-18-27(20-7-9-22(32-3)10-8-20)11-12-28(24)25(29)33-23-6-4-5-21(17-23)26-13-15-34(30,31)16-14-26/h4-10,17,19,24H,11-16,18H2,1-3H3/t24-/m1/s1. The number of hydrogen-bond acceptors (Lipinski definition) is 7. The number of nitrogens with zero attached hydrogens (tertiary/aromatic N) is 3. The Morgan fingerprint density at radius 1 is 0.912 bits per heavy atom. The maximum Gasteiger partial charge on any atom is 0.415 e. The van der Waals surface area contributed by atoms with Crippen LogP contribution in [0.4, 0.5) is 16.2 Å². The second kappa shape index (κ2) is 10.1. The highest BCUT2D eigenvalue weighted by atomic mass is 32.2. The van der Waals surface area contributed by atoms with E-state index in [2.05, 4.69) is 18.7 Å². The molecular weight excluding hydrogens is 454 g/mol. The first-order chi connectivity index (χ1) is 16.3. The highest BCUT2D eigenvalue weighted by Crippen LogP contribution is 2.27. The van der Waals surface area contributed by atoms with Gasteiger partial charge < -0.3 is 24.2 Å². The summed E-state index contributed by atoms with van der Waals surface area (Å²) in [5.74, 6) is 1.84. The highest BCUT2D eigenvalue weighted by Gasteiger charge is 2.34. The van der Waals surface area contributed by atoms with Crippen molar-refractivity contribution in [1.82, 2.24) is 4.90 Å². The number of piperazine rings is 1. The number of carbonyl (C=O) groups excluding carboxylic acids is 1. The first-order valence-corrected chi connectivity index (χ1v) is 13.5. The van der Waals surface area contributed by atoms with E-state index in [1.165, 1.54) is 0 Å². The normalized spacial score (nSPS) is 20.4. The average molecular weight is 488 g/mol. The van der Waals surface area contributed by atoms with E-state index in [4.69, 9.17) is 9.47 Å². The molecule has 184 valence electrons. The van der Waals surface area contributed by atoms with Crippen molar-refractivity contribution in [2.75, 3.05) is 61.1 Å². The zero-order valence-electron chi connectivity index (χ0n) is 20.0. The van der Waals surface area contributed by atoms with Crippen molar-refractivity contribution in [2.24, 2.45) is 5.92 Å². The molecule has 2 aromatic carbocycles. The van der Waals surface area contributed by atoms with Gasteiger partial charge in [0.15, 0.2) is 9.84 Å². The van der Waals surface area contributed by atoms with E-state index in [-0.39, 0.29) is 29.6 Å². The number of carbonyl (C=O) groups is 1. The lowest BCUT2D eigenvalue weighted by Crippen LogP contribution is -2.58. The lowest BCUT2D eigenvalue weighted by atomic mass is 9.99. The fraction of sp³-hybridized carbons (Fsp3) is 0.480. The van der Waals surface area contributed by atoms with Gasteiger partial charge in [-0.15, -0.1) is 0 Å². The van der Waals surface area contributed by atoms with Gasteiger partial charge in [-0.25, -0.2) is 13.2 Å². The van der Waals surface area contributed by atoms with Gasteiger partial charge in [0.25, 0.3) is 0 Å². The van der Waals surface area contributed by atoms with E-state index in [1.54, 1.807) is 13.2 Å². The van der Waals surface area contributed by atoms with Crippen LogP contribution >= 0.6 is 0 Å². The summed E-state index contributed by atoms with van der Waals surface area (Å²) in [6.45, 7) is 7.14. The van der Waals surface area contributed by atoms with Crippen LogP contribution in [0.25, 0.3) is 0 Å². The first-order valence-electron chi connectivity index (χ1n) is 11.7. The molecule has 0 spiro atoms. The fourth-order valence-corrected chi connectivity index (χ4v) is 5.71. The third-order valence-electron chi connectivity index (χ3n) is 6.59. The van der Waals surface area contributed by atoms with Gasteiger partial charge in [-0.05, 0) is 42.3 Å². The number of anilines is 2. The third-order valence-corrected chi connectivity index (χ3v) is 8.20. The maximum absolute atomic E-state index is 13.2. The van der Waals surface area contributed by atoms with E-state index in [0.29, 0.717) is 31.9 Å². The Kier molecular flexibility index (Phi) is 7.21. The van der Waals surface area contributed by atoms with Gasteiger partial charge in [-0.2, -0.15) is 0 Å². The molecule has 2 saturated heterocycles. The Hall–Kier alpha value is -2.94. The Labute approximate surface area is 202 Å². The molecule has 2 aromatic rings. The van der Waals surface area contributed by atoms with Crippen LogP contribution in [0.3, 0.4) is 0 Å². The summed E-state index contributed by atoms with van der Waals surface area (Å²) in [6, 6.07) is 15.3. The summed E-state index contributed by atoms with van der Waals surface area (Å²) >= 11 is 0. The minimum atomic E-state index is -2.95. The molecule has 0 unspecified atom stereocenters. The SMILES string of the molecule is COc1ccc(N2CCN(C(=O)Oc3cccc(N4CCS(=O)(=O)CC4)c3)[C@@H](C(C)C)C2)cc1. The summed E-state index contributed by atoms with van der Waals surface area (Å²) < 4.78 is 34.5. The second-order valence-corrected chi connectivity index (χ2v) is 11.5. The Bertz CT molecular complexity index is 1090. The molecular formula is C25H33N3O5S. The quantitative estimate of drug-likeness (QED) is 0.640. The van der Waals surface area contributed by atoms with Crippen molar-refractivity contribution in [3.05, 3.63) is 48.5 Å². The zero-order chi connectivity index (χ0) is 24.3. The zero-order valence-corrected chi connectivity index (χ0v) is 20.8. The number of ether oxygens (including phenoxy) is 2. The van der Waals surface area contributed by atoms with Gasteiger partial charge in [0.1, 0.15) is 11.5 Å². The van der Waals surface area contributed by atoms with E-state index in [1.807, 2.05) is 52.3 Å². The number of sulfone groups is 1. The van der Waals surface area contributed by atoms with Crippen LogP contribution < -0.4 is 19.3 Å². The first kappa shape index (κ1) is 24.2. The monoisotopic (exact) mass is 487 g/mol. The third kappa shape index (κ3) is 5.58. The molecule has 8 nitrogen and oxygen atoms in total. The van der Waals surface area contributed by atoms with Gasteiger partial charge in [0.05, 0.1) is 24.7 Å². The van der Waals surface area contributed by atoms with Gasteiger partial charge in [0.2, 0.25) is 0 Å². The Morgan fingerprint density at radius 2 is 1.62 bits per heavy atom. The number of amides is 1. The van der Waals surface area contributed by atoms with Crippen LogP contribution in [0.1, 0.15) is 13.8 Å². The highest BCUT2D eigenvalue weighted by molar-refractivity contribution is 7.91. The van der Waals surface area contributed by atoms with E-state index in [9.17, 15) is 13.2 Å². The van der Waals surface area contributed by atoms with Crippen LogP contribution in [0.2, 0.25) is 0 Å². The average Bonchev–Trinajstić information content (AvgIpc) is 2.84. The Morgan fingerprint density at radius 3 is 2.26 bits per heavy atom. The van der Waals surface area contributed by atoms with Crippen LogP contribution in [0.15, 0.2) is 48.5 Å². The predicted molar refractivity (Wildman–Crippen MR) is 134 cm³/mol. The molecule has 0 N–H and O–H groups in total. The van der Waals surface area contributed by atoms with Gasteiger partial charge in [-0.3, -0.25) is 0 Å². The number of rotatable bonds is 5. The minimum absolute atomic E-state index is 0.0128. The molecule has 34 heavy (non-hydrogen) atoms. The smallest absolute Gasteiger partial charge is 0.415 e.